The van der Waals surface area contributed by atoms with Crippen LogP contribution in [0.25, 0.3) is 0 Å². The van der Waals surface area contributed by atoms with Crippen LogP contribution in [-0.4, -0.2) is 17.6 Å². The molecule has 1 aromatic rings. The Balaban J connectivity index is 2.32. The number of carbonyl (C=O) groups is 1. The van der Waals surface area contributed by atoms with Gasteiger partial charge < -0.3 is 5.32 Å². The highest BCUT2D eigenvalue weighted by Gasteiger charge is 2.23. The lowest BCUT2D eigenvalue weighted by molar-refractivity contribution is -0.117. The molecule has 1 heterocycles. The van der Waals surface area contributed by atoms with Crippen LogP contribution >= 0.6 is 12.2 Å². The van der Waals surface area contributed by atoms with E-state index in [0.717, 1.165) is 5.69 Å². The SMILES string of the molecule is O=C1CCNC(=S)N1c1ccccc1. The van der Waals surface area contributed by atoms with Crippen molar-refractivity contribution in [3.63, 3.8) is 0 Å². The molecule has 3 nitrogen and oxygen atoms in total. The molecule has 0 saturated carbocycles. The first-order chi connectivity index (χ1) is 6.79. The van der Waals surface area contributed by atoms with E-state index in [-0.39, 0.29) is 5.91 Å². The van der Waals surface area contributed by atoms with E-state index in [0.29, 0.717) is 18.1 Å². The number of hydrogen-bond acceptors (Lipinski definition) is 2. The van der Waals surface area contributed by atoms with E-state index in [4.69, 9.17) is 12.2 Å². The maximum Gasteiger partial charge on any atom is 0.235 e. The molecule has 1 amide bonds. The van der Waals surface area contributed by atoms with E-state index in [1.54, 1.807) is 4.90 Å². The molecule has 1 aliphatic rings. The minimum atomic E-state index is 0.0555. The van der Waals surface area contributed by atoms with Crippen LogP contribution in [0.1, 0.15) is 6.42 Å². The lowest BCUT2D eigenvalue weighted by Crippen LogP contribution is -2.49. The van der Waals surface area contributed by atoms with Crippen molar-refractivity contribution in [2.24, 2.45) is 0 Å². The summed E-state index contributed by atoms with van der Waals surface area (Å²) >= 11 is 5.08. The van der Waals surface area contributed by atoms with Gasteiger partial charge in [-0.25, -0.2) is 0 Å². The molecule has 0 spiro atoms. The number of carbonyl (C=O) groups excluding carboxylic acids is 1. The van der Waals surface area contributed by atoms with Crippen molar-refractivity contribution >= 4 is 28.9 Å². The molecule has 0 aromatic heterocycles. The van der Waals surface area contributed by atoms with Crippen molar-refractivity contribution in [2.45, 2.75) is 6.42 Å². The van der Waals surface area contributed by atoms with Gasteiger partial charge in [-0.2, -0.15) is 0 Å². The largest absolute Gasteiger partial charge is 0.361 e. The fourth-order valence-electron chi connectivity index (χ4n) is 1.42. The molecule has 14 heavy (non-hydrogen) atoms. The molecule has 2 rings (SSSR count). The molecular weight excluding hydrogens is 196 g/mol. The maximum atomic E-state index is 11.6. The van der Waals surface area contributed by atoms with Crippen molar-refractivity contribution < 1.29 is 4.79 Å². The minimum absolute atomic E-state index is 0.0555. The van der Waals surface area contributed by atoms with Crippen LogP contribution in [0.15, 0.2) is 30.3 Å². The molecule has 0 aliphatic carbocycles. The topological polar surface area (TPSA) is 32.3 Å². The third-order valence-electron chi connectivity index (χ3n) is 2.08. The summed E-state index contributed by atoms with van der Waals surface area (Å²) in [7, 11) is 0. The number of amides is 1. The number of hydrogen-bond donors (Lipinski definition) is 1. The Labute approximate surface area is 87.7 Å². The molecule has 1 fully saturated rings. The fourth-order valence-corrected chi connectivity index (χ4v) is 1.73. The van der Waals surface area contributed by atoms with Gasteiger partial charge in [0.05, 0.1) is 5.69 Å². The quantitative estimate of drug-likeness (QED) is 0.703. The van der Waals surface area contributed by atoms with Crippen molar-refractivity contribution in [1.29, 1.82) is 0 Å². The van der Waals surface area contributed by atoms with E-state index in [2.05, 4.69) is 5.32 Å². The molecule has 0 atom stereocenters. The Kier molecular flexibility index (Phi) is 2.45. The van der Waals surface area contributed by atoms with E-state index in [1.807, 2.05) is 30.3 Å². The van der Waals surface area contributed by atoms with Gasteiger partial charge in [-0.3, -0.25) is 9.69 Å². The summed E-state index contributed by atoms with van der Waals surface area (Å²) in [4.78, 5) is 13.1. The van der Waals surface area contributed by atoms with Crippen molar-refractivity contribution in [3.05, 3.63) is 30.3 Å². The minimum Gasteiger partial charge on any atom is -0.361 e. The summed E-state index contributed by atoms with van der Waals surface area (Å²) < 4.78 is 0. The first-order valence-corrected chi connectivity index (χ1v) is 4.86. The molecule has 72 valence electrons. The number of para-hydroxylation sites is 1. The van der Waals surface area contributed by atoms with E-state index in [1.165, 1.54) is 0 Å². The molecule has 0 bridgehead atoms. The maximum absolute atomic E-state index is 11.6. The number of rotatable bonds is 1. The van der Waals surface area contributed by atoms with Crippen LogP contribution in [0.5, 0.6) is 0 Å². The number of nitrogens with zero attached hydrogens (tertiary/aromatic N) is 1. The van der Waals surface area contributed by atoms with Gasteiger partial charge in [0, 0.05) is 13.0 Å². The summed E-state index contributed by atoms with van der Waals surface area (Å²) in [5.41, 5.74) is 0.828. The number of thiocarbonyl (C=S) groups is 1. The lowest BCUT2D eigenvalue weighted by Gasteiger charge is -2.28. The predicted molar refractivity (Wildman–Crippen MR) is 59.1 cm³/mol. The average Bonchev–Trinajstić information content (AvgIpc) is 2.19. The predicted octanol–water partition coefficient (Wildman–Crippen LogP) is 1.30. The highest BCUT2D eigenvalue weighted by Crippen LogP contribution is 2.16. The Hall–Kier alpha value is -1.42. The van der Waals surface area contributed by atoms with Crippen LogP contribution in [0, 0.1) is 0 Å². The van der Waals surface area contributed by atoms with Gasteiger partial charge in [0.1, 0.15) is 0 Å². The van der Waals surface area contributed by atoms with Gasteiger partial charge in [-0.05, 0) is 24.4 Å². The number of benzene rings is 1. The Morgan fingerprint density at radius 1 is 1.29 bits per heavy atom. The molecule has 1 N–H and O–H groups in total. The molecular formula is C10H10N2OS. The molecule has 1 saturated heterocycles. The van der Waals surface area contributed by atoms with Gasteiger partial charge in [0.2, 0.25) is 5.91 Å². The Bertz CT molecular complexity index is 348. The van der Waals surface area contributed by atoms with Crippen molar-refractivity contribution in [1.82, 2.24) is 5.32 Å². The highest BCUT2D eigenvalue weighted by molar-refractivity contribution is 7.80. The van der Waals surface area contributed by atoms with Crippen LogP contribution in [-0.2, 0) is 4.79 Å². The standard InChI is InChI=1S/C10H10N2OS/c13-9-6-7-11-10(14)12(9)8-4-2-1-3-5-8/h1-5H,6-7H2,(H,11,14). The van der Waals surface area contributed by atoms with Gasteiger partial charge in [-0.15, -0.1) is 0 Å². The van der Waals surface area contributed by atoms with Gasteiger partial charge in [0.15, 0.2) is 5.11 Å². The highest BCUT2D eigenvalue weighted by atomic mass is 32.1. The molecule has 4 heteroatoms. The van der Waals surface area contributed by atoms with Crippen LogP contribution in [0.2, 0.25) is 0 Å². The second kappa shape index (κ2) is 3.75. The lowest BCUT2D eigenvalue weighted by atomic mass is 10.2. The number of anilines is 1. The zero-order valence-electron chi connectivity index (χ0n) is 7.56. The summed E-state index contributed by atoms with van der Waals surface area (Å²) in [6.45, 7) is 0.640. The zero-order valence-corrected chi connectivity index (χ0v) is 8.38. The van der Waals surface area contributed by atoms with Crippen molar-refractivity contribution in [3.8, 4) is 0 Å². The third kappa shape index (κ3) is 1.61. The van der Waals surface area contributed by atoms with Gasteiger partial charge >= 0.3 is 0 Å². The third-order valence-corrected chi connectivity index (χ3v) is 2.41. The first-order valence-electron chi connectivity index (χ1n) is 4.45. The van der Waals surface area contributed by atoms with Gasteiger partial charge in [0.25, 0.3) is 0 Å². The average molecular weight is 206 g/mol. The molecule has 0 radical (unpaired) electrons. The Morgan fingerprint density at radius 2 is 2.00 bits per heavy atom. The summed E-state index contributed by atoms with van der Waals surface area (Å²) in [5.74, 6) is 0.0555. The number of nitrogens with one attached hydrogen (secondary N) is 1. The Morgan fingerprint density at radius 3 is 2.64 bits per heavy atom. The van der Waals surface area contributed by atoms with Gasteiger partial charge in [-0.1, -0.05) is 18.2 Å². The van der Waals surface area contributed by atoms with E-state index >= 15 is 0 Å². The summed E-state index contributed by atoms with van der Waals surface area (Å²) in [5, 5.41) is 3.49. The summed E-state index contributed by atoms with van der Waals surface area (Å²) in [6, 6.07) is 9.43. The smallest absolute Gasteiger partial charge is 0.235 e. The normalized spacial score (nSPS) is 16.7. The first kappa shape index (κ1) is 9.15. The molecule has 1 aliphatic heterocycles. The second-order valence-corrected chi connectivity index (χ2v) is 3.43. The monoisotopic (exact) mass is 206 g/mol. The summed E-state index contributed by atoms with van der Waals surface area (Å²) in [6.07, 6.45) is 0.495. The van der Waals surface area contributed by atoms with Crippen LogP contribution in [0.3, 0.4) is 0 Å². The fraction of sp³-hybridized carbons (Fsp3) is 0.200. The van der Waals surface area contributed by atoms with E-state index in [9.17, 15) is 4.79 Å². The molecule has 1 aromatic carbocycles. The molecule has 0 unspecified atom stereocenters. The van der Waals surface area contributed by atoms with Crippen LogP contribution in [0.4, 0.5) is 5.69 Å². The zero-order chi connectivity index (χ0) is 9.97. The second-order valence-electron chi connectivity index (χ2n) is 3.05. The van der Waals surface area contributed by atoms with Crippen molar-refractivity contribution in [2.75, 3.05) is 11.4 Å². The van der Waals surface area contributed by atoms with E-state index < -0.39 is 0 Å². The van der Waals surface area contributed by atoms with Crippen LogP contribution < -0.4 is 10.2 Å².